The molecule has 0 aliphatic carbocycles. The minimum absolute atomic E-state index is 0.172. The summed E-state index contributed by atoms with van der Waals surface area (Å²) in [4.78, 5) is 0. The van der Waals surface area contributed by atoms with Crippen molar-refractivity contribution in [1.29, 1.82) is 5.26 Å². The second kappa shape index (κ2) is 4.56. The van der Waals surface area contributed by atoms with Crippen LogP contribution in [0.1, 0.15) is 18.1 Å². The highest BCUT2D eigenvalue weighted by Crippen LogP contribution is 2.16. The van der Waals surface area contributed by atoms with Crippen LogP contribution in [0.5, 0.6) is 0 Å². The molecule has 5 nitrogen and oxygen atoms in total. The van der Waals surface area contributed by atoms with Crippen LogP contribution in [0.15, 0.2) is 24.5 Å². The molecular formula is C9H10N2O3. The number of hydrogen-bond acceptors (Lipinski definition) is 4. The van der Waals surface area contributed by atoms with Gasteiger partial charge >= 0.3 is 0 Å². The van der Waals surface area contributed by atoms with Crippen molar-refractivity contribution in [2.45, 2.75) is 18.6 Å². The first kappa shape index (κ1) is 10.4. The summed E-state index contributed by atoms with van der Waals surface area (Å²) in [5.74, 6) is 0. The monoisotopic (exact) mass is 194 g/mol. The molecule has 1 aromatic rings. The first-order valence-corrected chi connectivity index (χ1v) is 4.07. The number of nitriles is 1. The van der Waals surface area contributed by atoms with Crippen LogP contribution in [0.2, 0.25) is 0 Å². The summed E-state index contributed by atoms with van der Waals surface area (Å²) < 4.78 is 0.525. The molecule has 0 saturated carbocycles. The predicted molar refractivity (Wildman–Crippen MR) is 46.6 cm³/mol. The number of rotatable bonds is 3. The lowest BCUT2D eigenvalue weighted by molar-refractivity contribution is -0.606. The molecule has 5 heteroatoms. The first-order valence-electron chi connectivity index (χ1n) is 4.07. The molecule has 14 heavy (non-hydrogen) atoms. The molecule has 2 N–H and O–H groups in total. The van der Waals surface area contributed by atoms with Crippen LogP contribution < -0.4 is 4.73 Å². The Morgan fingerprint density at radius 1 is 1.57 bits per heavy atom. The van der Waals surface area contributed by atoms with E-state index in [-0.39, 0.29) is 6.42 Å². The van der Waals surface area contributed by atoms with Gasteiger partial charge in [-0.05, 0) is 6.07 Å². The van der Waals surface area contributed by atoms with Gasteiger partial charge in [-0.1, -0.05) is 0 Å². The van der Waals surface area contributed by atoms with Crippen molar-refractivity contribution in [3.05, 3.63) is 35.3 Å². The van der Waals surface area contributed by atoms with E-state index in [4.69, 9.17) is 5.26 Å². The van der Waals surface area contributed by atoms with E-state index in [0.29, 0.717) is 10.3 Å². The SMILES string of the molecule is N#CCC(O)C(O)c1ccc[n+]([O-])c1. The average molecular weight is 194 g/mol. The molecule has 0 aromatic carbocycles. The number of nitrogens with zero attached hydrogens (tertiary/aromatic N) is 2. The van der Waals surface area contributed by atoms with Gasteiger partial charge in [-0.25, -0.2) is 0 Å². The van der Waals surface area contributed by atoms with Crippen molar-refractivity contribution in [2.75, 3.05) is 0 Å². The predicted octanol–water partition coefficient (Wildman–Crippen LogP) is -0.372. The van der Waals surface area contributed by atoms with E-state index in [1.54, 1.807) is 6.07 Å². The smallest absolute Gasteiger partial charge is 0.186 e. The molecule has 0 aliphatic heterocycles. The van der Waals surface area contributed by atoms with E-state index in [9.17, 15) is 15.4 Å². The number of aliphatic hydroxyl groups is 2. The second-order valence-electron chi connectivity index (χ2n) is 2.87. The molecule has 0 fully saturated rings. The maximum absolute atomic E-state index is 10.8. The summed E-state index contributed by atoms with van der Waals surface area (Å²) in [5, 5.41) is 37.9. The van der Waals surface area contributed by atoms with Gasteiger partial charge in [0.05, 0.1) is 18.6 Å². The number of hydrogen-bond donors (Lipinski definition) is 2. The van der Waals surface area contributed by atoms with Crippen molar-refractivity contribution >= 4 is 0 Å². The molecule has 1 heterocycles. The molecule has 0 radical (unpaired) electrons. The Morgan fingerprint density at radius 2 is 2.29 bits per heavy atom. The minimum Gasteiger partial charge on any atom is -0.619 e. The Bertz CT molecular complexity index is 348. The molecule has 0 bridgehead atoms. The molecule has 0 saturated heterocycles. The fraction of sp³-hybridized carbons (Fsp3) is 0.333. The Hall–Kier alpha value is -1.64. The highest BCUT2D eigenvalue weighted by molar-refractivity contribution is 5.11. The Labute approximate surface area is 81.1 Å². The van der Waals surface area contributed by atoms with E-state index in [1.165, 1.54) is 18.3 Å². The summed E-state index contributed by atoms with van der Waals surface area (Å²) in [6, 6.07) is 4.71. The topological polar surface area (TPSA) is 91.2 Å². The number of pyridine rings is 1. The first-order chi connectivity index (χ1) is 6.65. The van der Waals surface area contributed by atoms with Gasteiger partial charge in [0.1, 0.15) is 6.10 Å². The maximum atomic E-state index is 10.8. The standard InChI is InChI=1S/C9H10N2O3/c10-4-3-8(12)9(13)7-2-1-5-11(14)6-7/h1-2,5-6,8-9,12-13H,3H2. The van der Waals surface area contributed by atoms with E-state index in [0.717, 1.165) is 6.20 Å². The third-order valence-corrected chi connectivity index (χ3v) is 1.80. The fourth-order valence-corrected chi connectivity index (χ4v) is 1.07. The molecule has 74 valence electrons. The normalized spacial score (nSPS) is 14.4. The lowest BCUT2D eigenvalue weighted by atomic mass is 10.0. The van der Waals surface area contributed by atoms with Crippen molar-refractivity contribution < 1.29 is 14.9 Å². The van der Waals surface area contributed by atoms with E-state index >= 15 is 0 Å². The fourth-order valence-electron chi connectivity index (χ4n) is 1.07. The average Bonchev–Trinajstić information content (AvgIpc) is 2.17. The number of aromatic nitrogens is 1. The molecule has 0 amide bonds. The van der Waals surface area contributed by atoms with Crippen molar-refractivity contribution in [1.82, 2.24) is 0 Å². The minimum atomic E-state index is -1.20. The summed E-state index contributed by atoms with van der Waals surface area (Å²) in [6.45, 7) is 0. The van der Waals surface area contributed by atoms with Gasteiger partial charge in [0.15, 0.2) is 12.4 Å². The summed E-state index contributed by atoms with van der Waals surface area (Å²) in [6.07, 6.45) is -0.106. The van der Waals surface area contributed by atoms with Crippen LogP contribution in [0.25, 0.3) is 0 Å². The van der Waals surface area contributed by atoms with Crippen molar-refractivity contribution in [3.63, 3.8) is 0 Å². The highest BCUT2D eigenvalue weighted by Gasteiger charge is 2.19. The summed E-state index contributed by atoms with van der Waals surface area (Å²) in [5.41, 5.74) is 0.297. The van der Waals surface area contributed by atoms with Crippen molar-refractivity contribution in [2.24, 2.45) is 0 Å². The Balaban J connectivity index is 2.79. The molecule has 1 rings (SSSR count). The Kier molecular flexibility index (Phi) is 3.40. The van der Waals surface area contributed by atoms with Gasteiger partial charge < -0.3 is 15.4 Å². The van der Waals surface area contributed by atoms with E-state index in [2.05, 4.69) is 0 Å². The lowest BCUT2D eigenvalue weighted by Crippen LogP contribution is -2.27. The van der Waals surface area contributed by atoms with Crippen LogP contribution in [-0.4, -0.2) is 16.3 Å². The molecule has 0 spiro atoms. The molecular weight excluding hydrogens is 184 g/mol. The second-order valence-corrected chi connectivity index (χ2v) is 2.87. The van der Waals surface area contributed by atoms with Gasteiger partial charge in [0.2, 0.25) is 0 Å². The molecule has 2 unspecified atom stereocenters. The van der Waals surface area contributed by atoms with Crippen LogP contribution in [-0.2, 0) is 0 Å². The zero-order valence-corrected chi connectivity index (χ0v) is 7.37. The van der Waals surface area contributed by atoms with Gasteiger partial charge in [-0.2, -0.15) is 9.99 Å². The summed E-state index contributed by atoms with van der Waals surface area (Å²) >= 11 is 0. The molecule has 0 aliphatic rings. The quantitative estimate of drug-likeness (QED) is 0.507. The third-order valence-electron chi connectivity index (χ3n) is 1.80. The third kappa shape index (κ3) is 2.42. The zero-order valence-electron chi connectivity index (χ0n) is 7.37. The van der Waals surface area contributed by atoms with Gasteiger partial charge in [0.25, 0.3) is 0 Å². The van der Waals surface area contributed by atoms with Gasteiger partial charge in [-0.15, -0.1) is 0 Å². The van der Waals surface area contributed by atoms with Gasteiger partial charge in [0, 0.05) is 11.6 Å². The van der Waals surface area contributed by atoms with Crippen molar-refractivity contribution in [3.8, 4) is 6.07 Å². The zero-order chi connectivity index (χ0) is 10.6. The van der Waals surface area contributed by atoms with Crippen LogP contribution in [0.4, 0.5) is 0 Å². The van der Waals surface area contributed by atoms with Crippen LogP contribution in [0, 0.1) is 16.5 Å². The molecule has 2 atom stereocenters. The van der Waals surface area contributed by atoms with E-state index in [1.807, 2.05) is 0 Å². The van der Waals surface area contributed by atoms with Crippen LogP contribution in [0.3, 0.4) is 0 Å². The van der Waals surface area contributed by atoms with Crippen LogP contribution >= 0.6 is 0 Å². The van der Waals surface area contributed by atoms with Gasteiger partial charge in [-0.3, -0.25) is 0 Å². The number of aliphatic hydroxyl groups excluding tert-OH is 2. The van der Waals surface area contributed by atoms with E-state index < -0.39 is 12.2 Å². The largest absolute Gasteiger partial charge is 0.619 e. The Morgan fingerprint density at radius 3 is 2.86 bits per heavy atom. The highest BCUT2D eigenvalue weighted by atomic mass is 16.5. The maximum Gasteiger partial charge on any atom is 0.186 e. The lowest BCUT2D eigenvalue weighted by Gasteiger charge is -2.14. The summed E-state index contributed by atoms with van der Waals surface area (Å²) in [7, 11) is 0. The molecule has 1 aromatic heterocycles.